The summed E-state index contributed by atoms with van der Waals surface area (Å²) in [6, 6.07) is 12.1. The van der Waals surface area contributed by atoms with Gasteiger partial charge in [-0.3, -0.25) is 4.79 Å². The number of carbonyl (C=O) groups excluding carboxylic acids is 1. The topological polar surface area (TPSA) is 20.3 Å². The molecule has 2 rings (SSSR count). The van der Waals surface area contributed by atoms with Crippen molar-refractivity contribution in [2.24, 2.45) is 0 Å². The van der Waals surface area contributed by atoms with E-state index in [0.717, 1.165) is 10.4 Å². The van der Waals surface area contributed by atoms with Crippen LogP contribution in [0.25, 0.3) is 10.4 Å². The molecule has 1 heterocycles. The smallest absolute Gasteiger partial charge is 0.177 e. The molecule has 2 nitrogen and oxygen atoms in total. The highest BCUT2D eigenvalue weighted by molar-refractivity contribution is 7.13. The molecule has 0 saturated heterocycles. The maximum atomic E-state index is 11.9. The van der Waals surface area contributed by atoms with Crippen molar-refractivity contribution < 1.29 is 4.79 Å². The molecule has 0 aliphatic heterocycles. The van der Waals surface area contributed by atoms with Gasteiger partial charge >= 0.3 is 0 Å². The maximum absolute atomic E-state index is 11.9. The van der Waals surface area contributed by atoms with Gasteiger partial charge in [0.05, 0.1) is 6.54 Å². The van der Waals surface area contributed by atoms with Gasteiger partial charge in [0.1, 0.15) is 0 Å². The highest BCUT2D eigenvalue weighted by atomic mass is 32.1. The third-order valence-electron chi connectivity index (χ3n) is 2.44. The summed E-state index contributed by atoms with van der Waals surface area (Å²) in [5, 5.41) is 1.94. The average molecular weight is 245 g/mol. The van der Waals surface area contributed by atoms with Crippen molar-refractivity contribution in [2.45, 2.75) is 0 Å². The van der Waals surface area contributed by atoms with E-state index < -0.39 is 0 Å². The van der Waals surface area contributed by atoms with Crippen LogP contribution in [0.15, 0.2) is 41.8 Å². The monoisotopic (exact) mass is 245 g/mol. The minimum Gasteiger partial charge on any atom is -0.302 e. The summed E-state index contributed by atoms with van der Waals surface area (Å²) in [6.45, 7) is 0.463. The normalized spacial score (nSPS) is 10.8. The van der Waals surface area contributed by atoms with Crippen molar-refractivity contribution in [1.82, 2.24) is 4.90 Å². The van der Waals surface area contributed by atoms with Gasteiger partial charge in [-0.2, -0.15) is 0 Å². The van der Waals surface area contributed by atoms with Crippen molar-refractivity contribution in [3.8, 4) is 10.4 Å². The number of carbonyl (C=O) groups is 1. The van der Waals surface area contributed by atoms with Gasteiger partial charge in [0.25, 0.3) is 0 Å². The second-order valence-electron chi connectivity index (χ2n) is 4.23. The van der Waals surface area contributed by atoms with E-state index in [9.17, 15) is 4.79 Å². The molecule has 0 N–H and O–H groups in total. The van der Waals surface area contributed by atoms with Crippen LogP contribution in [0.5, 0.6) is 0 Å². The van der Waals surface area contributed by atoms with Gasteiger partial charge in [-0.1, -0.05) is 30.3 Å². The zero-order valence-corrected chi connectivity index (χ0v) is 10.8. The summed E-state index contributed by atoms with van der Waals surface area (Å²) >= 11 is 1.62. The van der Waals surface area contributed by atoms with Crippen molar-refractivity contribution in [1.29, 1.82) is 0 Å². The number of Topliss-reactive ketones (excluding diaryl/α,β-unsaturated/α-hetero) is 1. The molecule has 0 radical (unpaired) electrons. The van der Waals surface area contributed by atoms with E-state index in [0.29, 0.717) is 6.54 Å². The number of rotatable bonds is 4. The molecular formula is C14H15NOS. The lowest BCUT2D eigenvalue weighted by atomic mass is 10.1. The fourth-order valence-corrected chi connectivity index (χ4v) is 2.54. The zero-order chi connectivity index (χ0) is 12.3. The molecule has 3 heteroatoms. The van der Waals surface area contributed by atoms with Gasteiger partial charge in [-0.05, 0) is 25.7 Å². The van der Waals surface area contributed by atoms with E-state index >= 15 is 0 Å². The first kappa shape index (κ1) is 12.0. The third kappa shape index (κ3) is 3.02. The van der Waals surface area contributed by atoms with Crippen LogP contribution in [0.3, 0.4) is 0 Å². The van der Waals surface area contributed by atoms with E-state index in [4.69, 9.17) is 0 Å². The van der Waals surface area contributed by atoms with Crippen LogP contribution in [0.2, 0.25) is 0 Å². The highest BCUT2D eigenvalue weighted by Crippen LogP contribution is 2.27. The Morgan fingerprint density at radius 1 is 1.24 bits per heavy atom. The number of thiophene rings is 1. The minimum atomic E-state index is 0.174. The predicted molar refractivity (Wildman–Crippen MR) is 72.6 cm³/mol. The summed E-state index contributed by atoms with van der Waals surface area (Å²) in [5.41, 5.74) is 1.98. The van der Waals surface area contributed by atoms with Crippen molar-refractivity contribution >= 4 is 17.1 Å². The zero-order valence-electron chi connectivity index (χ0n) is 10.0. The molecule has 0 saturated carbocycles. The molecule has 0 amide bonds. The highest BCUT2D eigenvalue weighted by Gasteiger charge is 2.10. The number of hydrogen-bond acceptors (Lipinski definition) is 3. The molecule has 0 aliphatic carbocycles. The van der Waals surface area contributed by atoms with E-state index in [-0.39, 0.29) is 5.78 Å². The van der Waals surface area contributed by atoms with Crippen molar-refractivity contribution in [3.05, 3.63) is 47.3 Å². The van der Waals surface area contributed by atoms with Crippen molar-refractivity contribution in [3.63, 3.8) is 0 Å². The van der Waals surface area contributed by atoms with Crippen LogP contribution in [-0.2, 0) is 0 Å². The Hall–Kier alpha value is -1.45. The van der Waals surface area contributed by atoms with Gasteiger partial charge < -0.3 is 4.90 Å². The second-order valence-corrected chi connectivity index (χ2v) is 5.14. The lowest BCUT2D eigenvalue weighted by molar-refractivity contribution is 0.0958. The number of likely N-dealkylation sites (N-methyl/N-ethyl adjacent to an activating group) is 1. The van der Waals surface area contributed by atoms with Crippen LogP contribution in [0.4, 0.5) is 0 Å². The average Bonchev–Trinajstić information content (AvgIpc) is 2.78. The fraction of sp³-hybridized carbons (Fsp3) is 0.214. The van der Waals surface area contributed by atoms with E-state index in [2.05, 4.69) is 12.1 Å². The van der Waals surface area contributed by atoms with Crippen molar-refractivity contribution in [2.75, 3.05) is 20.6 Å². The summed E-state index contributed by atoms with van der Waals surface area (Å²) in [7, 11) is 3.81. The first-order valence-electron chi connectivity index (χ1n) is 5.48. The van der Waals surface area contributed by atoms with E-state index in [1.807, 2.05) is 48.6 Å². The summed E-state index contributed by atoms with van der Waals surface area (Å²) in [6.07, 6.45) is 0. The van der Waals surface area contributed by atoms with Gasteiger partial charge in [0.15, 0.2) is 5.78 Å². The van der Waals surface area contributed by atoms with Gasteiger partial charge in [0, 0.05) is 15.8 Å². The van der Waals surface area contributed by atoms with Crippen LogP contribution in [0.1, 0.15) is 10.4 Å². The molecule has 17 heavy (non-hydrogen) atoms. The molecular weight excluding hydrogens is 230 g/mol. The van der Waals surface area contributed by atoms with Gasteiger partial charge in [-0.25, -0.2) is 0 Å². The Morgan fingerprint density at radius 2 is 1.94 bits per heavy atom. The predicted octanol–water partition coefficient (Wildman–Crippen LogP) is 3.16. The Balaban J connectivity index is 2.19. The van der Waals surface area contributed by atoms with Crippen LogP contribution in [0, 0.1) is 0 Å². The molecule has 88 valence electrons. The quantitative estimate of drug-likeness (QED) is 0.771. The first-order chi connectivity index (χ1) is 8.16. The molecule has 0 spiro atoms. The maximum Gasteiger partial charge on any atom is 0.177 e. The second kappa shape index (κ2) is 5.25. The van der Waals surface area contributed by atoms with Gasteiger partial charge in [0.2, 0.25) is 0 Å². The molecule has 0 unspecified atom stereocenters. The summed E-state index contributed by atoms with van der Waals surface area (Å²) in [4.78, 5) is 14.9. The van der Waals surface area contributed by atoms with E-state index in [1.165, 1.54) is 5.56 Å². The van der Waals surface area contributed by atoms with Crippen LogP contribution >= 0.6 is 11.3 Å². The minimum absolute atomic E-state index is 0.174. The molecule has 1 aromatic carbocycles. The molecule has 2 aromatic rings. The number of nitrogens with zero attached hydrogens (tertiary/aromatic N) is 1. The summed E-state index contributed by atoms with van der Waals surface area (Å²) < 4.78 is 0. The molecule has 0 bridgehead atoms. The Kier molecular flexibility index (Phi) is 3.71. The molecule has 0 fully saturated rings. The third-order valence-corrected chi connectivity index (χ3v) is 3.42. The fourth-order valence-electron chi connectivity index (χ4n) is 1.61. The van der Waals surface area contributed by atoms with Gasteiger partial charge in [-0.15, -0.1) is 11.3 Å². The lowest BCUT2D eigenvalue weighted by Crippen LogP contribution is -2.21. The molecule has 0 aliphatic rings. The SMILES string of the molecule is CN(C)CC(=O)c1csc(-c2ccccc2)c1. The Bertz CT molecular complexity index is 502. The largest absolute Gasteiger partial charge is 0.302 e. The summed E-state index contributed by atoms with van der Waals surface area (Å²) in [5.74, 6) is 0.174. The molecule has 1 aromatic heterocycles. The molecule has 0 atom stereocenters. The first-order valence-corrected chi connectivity index (χ1v) is 6.36. The number of ketones is 1. The number of hydrogen-bond donors (Lipinski definition) is 0. The van der Waals surface area contributed by atoms with E-state index in [1.54, 1.807) is 11.3 Å². The Labute approximate surface area is 106 Å². The van der Waals surface area contributed by atoms with Crippen LogP contribution < -0.4 is 0 Å². The standard InChI is InChI=1S/C14H15NOS/c1-15(2)9-13(16)12-8-14(17-10-12)11-6-4-3-5-7-11/h3-8,10H,9H2,1-2H3. The Morgan fingerprint density at radius 3 is 2.59 bits per heavy atom. The lowest BCUT2D eigenvalue weighted by Gasteiger charge is -2.06. The number of benzene rings is 1. The van der Waals surface area contributed by atoms with Crippen LogP contribution in [-0.4, -0.2) is 31.3 Å².